The Morgan fingerprint density at radius 3 is 2.47 bits per heavy atom. The number of benzene rings is 1. The van der Waals surface area contributed by atoms with Crippen LogP contribution in [0.15, 0.2) is 40.9 Å². The summed E-state index contributed by atoms with van der Waals surface area (Å²) in [5, 5.41) is 0. The molecule has 0 aliphatic rings. The van der Waals surface area contributed by atoms with Gasteiger partial charge in [0.2, 0.25) is 0 Å². The first-order valence-corrected chi connectivity index (χ1v) is 10.3. The van der Waals surface area contributed by atoms with Crippen LogP contribution in [-0.4, -0.2) is 20.2 Å². The van der Waals surface area contributed by atoms with Crippen LogP contribution in [0.1, 0.15) is 46.0 Å². The molecule has 4 aromatic rings. The fourth-order valence-electron chi connectivity index (χ4n) is 3.60. The van der Waals surface area contributed by atoms with E-state index < -0.39 is 11.6 Å². The molecule has 0 amide bonds. The van der Waals surface area contributed by atoms with E-state index in [2.05, 4.69) is 9.97 Å². The highest BCUT2D eigenvalue weighted by Crippen LogP contribution is 2.26. The van der Waals surface area contributed by atoms with Crippen LogP contribution in [0.25, 0.3) is 5.65 Å². The van der Waals surface area contributed by atoms with Crippen molar-refractivity contribution >= 4 is 11.4 Å². The lowest BCUT2D eigenvalue weighted by molar-refractivity contribution is 0.0918. The Balaban J connectivity index is 1.61. The van der Waals surface area contributed by atoms with E-state index in [1.807, 2.05) is 20.8 Å². The van der Waals surface area contributed by atoms with E-state index in [4.69, 9.17) is 9.15 Å². The monoisotopic (exact) mass is 439 g/mol. The van der Waals surface area contributed by atoms with Crippen LogP contribution in [0.2, 0.25) is 0 Å². The highest BCUT2D eigenvalue weighted by atomic mass is 19.1. The summed E-state index contributed by atoms with van der Waals surface area (Å²) in [5.74, 6) is -0.286. The number of ether oxygens (including phenoxy) is 1. The van der Waals surface area contributed by atoms with Gasteiger partial charge < -0.3 is 9.15 Å². The van der Waals surface area contributed by atoms with Gasteiger partial charge in [0.1, 0.15) is 29.7 Å². The lowest BCUT2D eigenvalue weighted by Crippen LogP contribution is -2.17. The van der Waals surface area contributed by atoms with E-state index in [0.29, 0.717) is 35.1 Å². The molecular weight excluding hydrogens is 416 g/mol. The van der Waals surface area contributed by atoms with Gasteiger partial charge in [0, 0.05) is 18.5 Å². The number of hydrogen-bond acceptors (Lipinski definition) is 5. The van der Waals surface area contributed by atoms with Crippen LogP contribution in [-0.2, 0) is 13.0 Å². The zero-order valence-corrected chi connectivity index (χ0v) is 18.3. The molecule has 3 aromatic heterocycles. The van der Waals surface area contributed by atoms with Gasteiger partial charge in [-0.2, -0.15) is 0 Å². The van der Waals surface area contributed by atoms with Crippen LogP contribution in [0.3, 0.4) is 0 Å². The van der Waals surface area contributed by atoms with Gasteiger partial charge in [-0.25, -0.2) is 18.7 Å². The van der Waals surface area contributed by atoms with Crippen molar-refractivity contribution < 1.29 is 22.7 Å². The van der Waals surface area contributed by atoms with E-state index in [1.165, 1.54) is 18.2 Å². The number of imidazole rings is 1. The van der Waals surface area contributed by atoms with Gasteiger partial charge in [-0.3, -0.25) is 9.20 Å². The van der Waals surface area contributed by atoms with E-state index >= 15 is 0 Å². The topological polar surface area (TPSA) is 69.6 Å². The number of Topliss-reactive ketones (excluding diaryl/α,β-unsaturated/α-hetero) is 1. The number of carbonyl (C=O) groups is 1. The molecule has 8 heteroatoms. The van der Waals surface area contributed by atoms with Gasteiger partial charge in [0.15, 0.2) is 23.1 Å². The van der Waals surface area contributed by atoms with Crippen molar-refractivity contribution in [3.05, 3.63) is 82.5 Å². The molecule has 1 unspecified atom stereocenters. The summed E-state index contributed by atoms with van der Waals surface area (Å²) in [6, 6.07) is 7.00. The van der Waals surface area contributed by atoms with Crippen molar-refractivity contribution in [2.45, 2.75) is 40.7 Å². The average Bonchev–Trinajstić information content (AvgIpc) is 3.24. The summed E-state index contributed by atoms with van der Waals surface area (Å²) in [5.41, 5.74) is 2.00. The van der Waals surface area contributed by atoms with Gasteiger partial charge in [-0.15, -0.1) is 0 Å². The second-order valence-electron chi connectivity index (χ2n) is 7.82. The van der Waals surface area contributed by atoms with E-state index in [1.54, 1.807) is 29.7 Å². The summed E-state index contributed by atoms with van der Waals surface area (Å²) >= 11 is 0. The van der Waals surface area contributed by atoms with Gasteiger partial charge in [0.25, 0.3) is 0 Å². The molecular formula is C24H23F2N3O3. The number of oxazole rings is 1. The normalized spacial score (nSPS) is 12.3. The molecule has 4 rings (SSSR count). The maximum atomic E-state index is 13.9. The van der Waals surface area contributed by atoms with Gasteiger partial charge >= 0.3 is 0 Å². The molecule has 0 saturated heterocycles. The first-order chi connectivity index (χ1) is 15.3. The zero-order chi connectivity index (χ0) is 23.0. The standard InChI is InChI=1S/C24H23F2N3O3/c1-13(11-21-27-14(2)16(4)32-21)23(30)22-15(3)28-24-20(9-6-10-29(22)24)31-12-17-18(25)7-5-8-19(17)26/h5-10,13H,11-12H2,1-4H3. The average molecular weight is 439 g/mol. The van der Waals surface area contributed by atoms with Crippen molar-refractivity contribution in [1.82, 2.24) is 14.4 Å². The molecule has 0 aliphatic heterocycles. The minimum absolute atomic E-state index is 0.110. The van der Waals surface area contributed by atoms with Crippen molar-refractivity contribution in [1.29, 1.82) is 0 Å². The molecule has 3 heterocycles. The number of halogens is 2. The summed E-state index contributed by atoms with van der Waals surface area (Å²) in [7, 11) is 0. The number of hydrogen-bond donors (Lipinski definition) is 0. The van der Waals surface area contributed by atoms with Crippen LogP contribution in [0.4, 0.5) is 8.78 Å². The Hall–Kier alpha value is -3.55. The molecule has 0 fully saturated rings. The Kier molecular flexibility index (Phi) is 5.78. The number of ketones is 1. The molecule has 1 aromatic carbocycles. The predicted octanol–water partition coefficient (Wildman–Crippen LogP) is 5.17. The molecule has 1 atom stereocenters. The van der Waals surface area contributed by atoms with Crippen LogP contribution in [0, 0.1) is 38.3 Å². The van der Waals surface area contributed by atoms with Gasteiger partial charge in [-0.05, 0) is 45.0 Å². The Morgan fingerprint density at radius 2 is 1.81 bits per heavy atom. The second kappa shape index (κ2) is 8.53. The maximum absolute atomic E-state index is 13.9. The minimum Gasteiger partial charge on any atom is -0.485 e. The Bertz CT molecular complexity index is 1270. The number of fused-ring (bicyclic) bond motifs is 1. The quantitative estimate of drug-likeness (QED) is 0.372. The van der Waals surface area contributed by atoms with E-state index in [0.717, 1.165) is 11.5 Å². The van der Waals surface area contributed by atoms with Crippen molar-refractivity contribution in [2.24, 2.45) is 5.92 Å². The second-order valence-corrected chi connectivity index (χ2v) is 7.82. The third-order valence-electron chi connectivity index (χ3n) is 5.46. The third-order valence-corrected chi connectivity index (χ3v) is 5.46. The number of aryl methyl sites for hydroxylation is 3. The summed E-state index contributed by atoms with van der Waals surface area (Å²) < 4.78 is 40.8. The van der Waals surface area contributed by atoms with Gasteiger partial charge in [0.05, 0.1) is 17.0 Å². The van der Waals surface area contributed by atoms with Gasteiger partial charge in [-0.1, -0.05) is 13.0 Å². The molecule has 166 valence electrons. The molecule has 0 bridgehead atoms. The first-order valence-electron chi connectivity index (χ1n) is 10.3. The molecule has 32 heavy (non-hydrogen) atoms. The number of rotatable bonds is 7. The minimum atomic E-state index is -0.682. The smallest absolute Gasteiger partial charge is 0.195 e. The van der Waals surface area contributed by atoms with Crippen LogP contribution < -0.4 is 4.74 Å². The molecule has 0 saturated carbocycles. The summed E-state index contributed by atoms with van der Waals surface area (Å²) in [6.07, 6.45) is 2.08. The molecule has 0 spiro atoms. The fourth-order valence-corrected chi connectivity index (χ4v) is 3.60. The lowest BCUT2D eigenvalue weighted by atomic mass is 9.99. The molecule has 0 N–H and O–H groups in total. The highest BCUT2D eigenvalue weighted by molar-refractivity contribution is 5.98. The summed E-state index contributed by atoms with van der Waals surface area (Å²) in [6.45, 7) is 6.95. The number of nitrogens with zero attached hydrogens (tertiary/aromatic N) is 3. The first kappa shape index (κ1) is 21.7. The van der Waals surface area contributed by atoms with Crippen LogP contribution >= 0.6 is 0 Å². The third kappa shape index (κ3) is 4.00. The fraction of sp³-hybridized carbons (Fsp3) is 0.292. The molecule has 0 aliphatic carbocycles. The SMILES string of the molecule is Cc1nc(CC(C)C(=O)c2c(C)nc3c(OCc4c(F)cccc4F)cccn23)oc1C. The molecule has 6 nitrogen and oxygen atoms in total. The summed E-state index contributed by atoms with van der Waals surface area (Å²) in [4.78, 5) is 22.1. The molecule has 0 radical (unpaired) electrons. The zero-order valence-electron chi connectivity index (χ0n) is 18.3. The van der Waals surface area contributed by atoms with Crippen molar-refractivity contribution in [3.8, 4) is 5.75 Å². The van der Waals surface area contributed by atoms with Crippen molar-refractivity contribution in [3.63, 3.8) is 0 Å². The van der Waals surface area contributed by atoms with Crippen molar-refractivity contribution in [2.75, 3.05) is 0 Å². The predicted molar refractivity (Wildman–Crippen MR) is 114 cm³/mol. The lowest BCUT2D eigenvalue weighted by Gasteiger charge is -2.11. The van der Waals surface area contributed by atoms with Crippen LogP contribution in [0.5, 0.6) is 5.75 Å². The number of pyridine rings is 1. The number of aromatic nitrogens is 3. The Morgan fingerprint density at radius 1 is 1.09 bits per heavy atom. The largest absolute Gasteiger partial charge is 0.485 e. The maximum Gasteiger partial charge on any atom is 0.195 e. The highest BCUT2D eigenvalue weighted by Gasteiger charge is 2.25. The van der Waals surface area contributed by atoms with E-state index in [-0.39, 0.29) is 23.9 Å². The Labute approximate surface area is 183 Å². The van der Waals surface area contributed by atoms with E-state index in [9.17, 15) is 13.6 Å². The number of carbonyl (C=O) groups excluding carboxylic acids is 1.